The summed E-state index contributed by atoms with van der Waals surface area (Å²) in [4.78, 5) is 16.0. The molecule has 0 saturated carbocycles. The van der Waals surface area contributed by atoms with E-state index in [2.05, 4.69) is 37.4 Å². The Morgan fingerprint density at radius 2 is 2.08 bits per heavy atom. The van der Waals surface area contributed by atoms with E-state index >= 15 is 4.39 Å². The van der Waals surface area contributed by atoms with E-state index in [1.807, 2.05) is 30.3 Å². The van der Waals surface area contributed by atoms with Gasteiger partial charge in [-0.3, -0.25) is 9.88 Å². The maximum absolute atomic E-state index is 16.4. The summed E-state index contributed by atoms with van der Waals surface area (Å²) < 4.78 is 36.9. The van der Waals surface area contributed by atoms with Gasteiger partial charge in [-0.25, -0.2) is 8.78 Å². The maximum Gasteiger partial charge on any atom is 0.319 e. The summed E-state index contributed by atoms with van der Waals surface area (Å²) in [5.74, 6) is -0.0896. The topological polar surface area (TPSA) is 75.2 Å². The molecule has 5 heterocycles. The van der Waals surface area contributed by atoms with Gasteiger partial charge in [0, 0.05) is 47.2 Å². The van der Waals surface area contributed by atoms with Gasteiger partial charge in [0.05, 0.1) is 10.9 Å². The van der Waals surface area contributed by atoms with E-state index in [1.54, 1.807) is 12.3 Å². The van der Waals surface area contributed by atoms with Crippen LogP contribution in [0, 0.1) is 5.82 Å². The lowest BCUT2D eigenvalue weighted by Crippen LogP contribution is -2.43. The van der Waals surface area contributed by atoms with Gasteiger partial charge >= 0.3 is 6.01 Å². The number of ether oxygens (including phenoxy) is 1. The number of pyridine rings is 1. The highest BCUT2D eigenvalue weighted by molar-refractivity contribution is 6.36. The number of rotatable bonds is 6. The molecule has 0 amide bonds. The van der Waals surface area contributed by atoms with Crippen LogP contribution >= 0.6 is 11.6 Å². The average Bonchev–Trinajstić information content (AvgIpc) is 3.61. The number of alkyl halides is 1. The van der Waals surface area contributed by atoms with Gasteiger partial charge < -0.3 is 15.4 Å². The first-order chi connectivity index (χ1) is 19.4. The number of hydrogen-bond donors (Lipinski definition) is 2. The van der Waals surface area contributed by atoms with Crippen LogP contribution in [-0.4, -0.2) is 69.9 Å². The fourth-order valence-corrected chi connectivity index (χ4v) is 7.05. The van der Waals surface area contributed by atoms with Crippen LogP contribution in [0.15, 0.2) is 42.6 Å². The largest absolute Gasteiger partial charge is 0.461 e. The molecular weight excluding hydrogens is 534 g/mol. The Bertz CT molecular complexity index is 1600. The molecule has 0 unspecified atom stereocenters. The molecule has 3 aliphatic rings. The second kappa shape index (κ2) is 10.0. The minimum atomic E-state index is -0.867. The van der Waals surface area contributed by atoms with E-state index in [-0.39, 0.29) is 41.5 Å². The summed E-state index contributed by atoms with van der Waals surface area (Å²) in [6, 6.07) is 11.6. The molecular formula is C30H31ClF2N6O. The van der Waals surface area contributed by atoms with Crippen molar-refractivity contribution in [2.24, 2.45) is 0 Å². The van der Waals surface area contributed by atoms with Crippen molar-refractivity contribution >= 4 is 39.1 Å². The van der Waals surface area contributed by atoms with Gasteiger partial charge in [-0.15, -0.1) is 0 Å². The first kappa shape index (κ1) is 25.8. The third-order valence-electron chi connectivity index (χ3n) is 8.85. The predicted octanol–water partition coefficient (Wildman–Crippen LogP) is 5.76. The zero-order valence-electron chi connectivity index (χ0n) is 22.3. The molecule has 4 aromatic rings. The van der Waals surface area contributed by atoms with Crippen LogP contribution in [0.1, 0.15) is 32.6 Å². The fourth-order valence-electron chi connectivity index (χ4n) is 6.77. The molecule has 40 heavy (non-hydrogen) atoms. The number of anilines is 1. The van der Waals surface area contributed by atoms with Crippen molar-refractivity contribution in [2.45, 2.75) is 56.4 Å². The fraction of sp³-hybridized carbons (Fsp3) is 0.433. The summed E-state index contributed by atoms with van der Waals surface area (Å²) in [6.07, 6.45) is 3.95. The molecule has 0 spiro atoms. The molecule has 7 rings (SSSR count). The smallest absolute Gasteiger partial charge is 0.319 e. The molecule has 0 aliphatic carbocycles. The van der Waals surface area contributed by atoms with E-state index in [0.717, 1.165) is 43.1 Å². The average molecular weight is 565 g/mol. The Labute approximate surface area is 236 Å². The van der Waals surface area contributed by atoms with Crippen molar-refractivity contribution in [3.63, 3.8) is 0 Å². The molecule has 2 N–H and O–H groups in total. The van der Waals surface area contributed by atoms with Gasteiger partial charge in [-0.1, -0.05) is 41.9 Å². The molecule has 10 heteroatoms. The first-order valence-corrected chi connectivity index (χ1v) is 14.4. The quantitative estimate of drug-likeness (QED) is 0.309. The van der Waals surface area contributed by atoms with E-state index in [9.17, 15) is 4.39 Å². The number of fused-ring (bicyclic) bond motifs is 3. The van der Waals surface area contributed by atoms with Crippen LogP contribution < -0.4 is 15.4 Å². The molecule has 3 aliphatic heterocycles. The van der Waals surface area contributed by atoms with Crippen molar-refractivity contribution < 1.29 is 13.5 Å². The van der Waals surface area contributed by atoms with Crippen molar-refractivity contribution in [3.8, 4) is 17.3 Å². The summed E-state index contributed by atoms with van der Waals surface area (Å²) >= 11 is 6.56. The third-order valence-corrected chi connectivity index (χ3v) is 9.17. The zero-order valence-corrected chi connectivity index (χ0v) is 23.0. The van der Waals surface area contributed by atoms with Crippen LogP contribution in [0.2, 0.25) is 5.02 Å². The molecule has 3 saturated heterocycles. The summed E-state index contributed by atoms with van der Waals surface area (Å²) in [6.45, 7) is 4.54. The van der Waals surface area contributed by atoms with Crippen LogP contribution in [0.5, 0.6) is 6.01 Å². The summed E-state index contributed by atoms with van der Waals surface area (Å²) in [7, 11) is 0. The molecule has 3 fully saturated rings. The summed E-state index contributed by atoms with van der Waals surface area (Å²) in [5, 5.41) is 9.54. The van der Waals surface area contributed by atoms with Gasteiger partial charge in [0.25, 0.3) is 0 Å². The molecule has 4 atom stereocenters. The van der Waals surface area contributed by atoms with Gasteiger partial charge in [-0.05, 0) is 50.7 Å². The number of nitrogens with one attached hydrogen (secondary N) is 2. The Hall–Kier alpha value is -3.14. The molecule has 2 aromatic heterocycles. The monoisotopic (exact) mass is 564 g/mol. The Morgan fingerprint density at radius 3 is 2.90 bits per heavy atom. The van der Waals surface area contributed by atoms with E-state index in [4.69, 9.17) is 16.3 Å². The third kappa shape index (κ3) is 4.35. The van der Waals surface area contributed by atoms with Crippen molar-refractivity contribution in [1.82, 2.24) is 25.2 Å². The van der Waals surface area contributed by atoms with Crippen LogP contribution in [0.25, 0.3) is 32.9 Å². The normalized spacial score (nSPS) is 26.6. The lowest BCUT2D eigenvalue weighted by molar-refractivity contribution is 0.107. The second-order valence-corrected chi connectivity index (χ2v) is 11.7. The minimum Gasteiger partial charge on any atom is -0.461 e. The molecule has 7 nitrogen and oxygen atoms in total. The number of halogens is 3. The van der Waals surface area contributed by atoms with Crippen molar-refractivity contribution in [3.05, 3.63) is 53.4 Å². The standard InChI is InChI=1S/C30H31ClF2N6O/c1-17-23(9-11-34-17)36-28-21-14-35-26(20-7-2-5-18-6-3-8-22(31)24(18)20)25(33)27(21)37-29(38-28)40-16-30-10-4-12-39(30)15-19(32)13-30/h2-3,5-8,14,17,19,23,34H,4,9-13,15-16H2,1H3,(H,36,37,38)/t17-,19-,23-,30+/m1/s1. The summed E-state index contributed by atoms with van der Waals surface area (Å²) in [5.41, 5.74) is 0.508. The zero-order chi connectivity index (χ0) is 27.4. The SMILES string of the molecule is C[C@H]1NCC[C@H]1Nc1nc(OC[C@@]23CCCN2C[C@H](F)C3)nc2c(F)c(-c3cccc4cccc(Cl)c34)ncc12. The van der Waals surface area contributed by atoms with Crippen LogP contribution in [-0.2, 0) is 0 Å². The molecule has 208 valence electrons. The Balaban J connectivity index is 1.32. The van der Waals surface area contributed by atoms with Gasteiger partial charge in [0.2, 0.25) is 0 Å². The predicted molar refractivity (Wildman–Crippen MR) is 153 cm³/mol. The minimum absolute atomic E-state index is 0.0733. The van der Waals surface area contributed by atoms with E-state index in [1.165, 1.54) is 0 Å². The van der Waals surface area contributed by atoms with Crippen LogP contribution in [0.4, 0.5) is 14.6 Å². The highest BCUT2D eigenvalue weighted by atomic mass is 35.5. The maximum atomic E-state index is 16.4. The number of benzene rings is 2. The van der Waals surface area contributed by atoms with Crippen molar-refractivity contribution in [2.75, 3.05) is 31.6 Å². The lowest BCUT2D eigenvalue weighted by Gasteiger charge is -2.30. The second-order valence-electron chi connectivity index (χ2n) is 11.3. The molecule has 0 radical (unpaired) electrons. The van der Waals surface area contributed by atoms with E-state index in [0.29, 0.717) is 34.8 Å². The Kier molecular flexibility index (Phi) is 6.48. The van der Waals surface area contributed by atoms with Gasteiger partial charge in [0.1, 0.15) is 29.8 Å². The Morgan fingerprint density at radius 1 is 1.23 bits per heavy atom. The van der Waals surface area contributed by atoms with Crippen LogP contribution in [0.3, 0.4) is 0 Å². The van der Waals surface area contributed by atoms with Gasteiger partial charge in [-0.2, -0.15) is 9.97 Å². The molecule has 2 aromatic carbocycles. The lowest BCUT2D eigenvalue weighted by atomic mass is 9.95. The number of hydrogen-bond acceptors (Lipinski definition) is 7. The molecule has 0 bridgehead atoms. The highest BCUT2D eigenvalue weighted by Gasteiger charge is 2.49. The van der Waals surface area contributed by atoms with Crippen molar-refractivity contribution in [1.29, 1.82) is 0 Å². The van der Waals surface area contributed by atoms with Gasteiger partial charge in [0.15, 0.2) is 5.82 Å². The number of aromatic nitrogens is 3. The van der Waals surface area contributed by atoms with E-state index < -0.39 is 12.0 Å². The number of nitrogens with zero attached hydrogens (tertiary/aromatic N) is 4. The highest BCUT2D eigenvalue weighted by Crippen LogP contribution is 2.41. The first-order valence-electron chi connectivity index (χ1n) is 14.0.